The SMILES string of the molecule is C[C@@H](NC(=O)[C@@H](NC(=O)C(=CC(=O)OC(C)(C)C)CCCc1ccc(-c2ccccc2)c(F)c1)C(C)(C)C)c1ccccc1. The molecule has 0 bridgehead atoms. The van der Waals surface area contributed by atoms with Crippen LogP contribution in [0, 0.1) is 11.2 Å². The Morgan fingerprint density at radius 1 is 0.864 bits per heavy atom. The molecule has 0 aromatic heterocycles. The van der Waals surface area contributed by atoms with Crippen molar-refractivity contribution in [3.05, 3.63) is 107 Å². The average Bonchev–Trinajstić information content (AvgIpc) is 2.94. The molecule has 3 aromatic rings. The van der Waals surface area contributed by atoms with Crippen molar-refractivity contribution in [2.45, 2.75) is 85.4 Å². The maximum Gasteiger partial charge on any atom is 0.331 e. The lowest BCUT2D eigenvalue weighted by Crippen LogP contribution is -2.54. The van der Waals surface area contributed by atoms with E-state index in [1.807, 2.05) is 94.4 Å². The number of carbonyl (C=O) groups is 3. The lowest BCUT2D eigenvalue weighted by atomic mass is 9.85. The van der Waals surface area contributed by atoms with Gasteiger partial charge in [-0.25, -0.2) is 9.18 Å². The molecule has 2 amide bonds. The molecular weight excluding hydrogens is 555 g/mol. The van der Waals surface area contributed by atoms with Crippen LogP contribution >= 0.6 is 0 Å². The van der Waals surface area contributed by atoms with E-state index in [0.717, 1.165) is 16.7 Å². The quantitative estimate of drug-likeness (QED) is 0.176. The van der Waals surface area contributed by atoms with Gasteiger partial charge in [-0.3, -0.25) is 9.59 Å². The summed E-state index contributed by atoms with van der Waals surface area (Å²) in [6.07, 6.45) is 2.39. The Balaban J connectivity index is 1.76. The molecular formula is C37H45FN2O4. The highest BCUT2D eigenvalue weighted by atomic mass is 19.1. The first-order chi connectivity index (χ1) is 20.6. The van der Waals surface area contributed by atoms with Crippen molar-refractivity contribution in [3.63, 3.8) is 0 Å². The second-order valence-corrected chi connectivity index (χ2v) is 13.2. The lowest BCUT2D eigenvalue weighted by Gasteiger charge is -2.32. The lowest BCUT2D eigenvalue weighted by molar-refractivity contribution is -0.148. The normalized spacial score (nSPS) is 13.5. The van der Waals surface area contributed by atoms with Crippen molar-refractivity contribution < 1.29 is 23.5 Å². The van der Waals surface area contributed by atoms with Crippen LogP contribution in [0.2, 0.25) is 0 Å². The van der Waals surface area contributed by atoms with Crippen LogP contribution in [0.3, 0.4) is 0 Å². The minimum Gasteiger partial charge on any atom is -0.457 e. The molecule has 7 heteroatoms. The van der Waals surface area contributed by atoms with Gasteiger partial charge in [0.05, 0.1) is 6.04 Å². The van der Waals surface area contributed by atoms with Gasteiger partial charge in [-0.2, -0.15) is 0 Å². The van der Waals surface area contributed by atoms with Gasteiger partial charge < -0.3 is 15.4 Å². The van der Waals surface area contributed by atoms with Crippen molar-refractivity contribution in [2.75, 3.05) is 0 Å². The first-order valence-electron chi connectivity index (χ1n) is 15.1. The summed E-state index contributed by atoms with van der Waals surface area (Å²) in [5.41, 5.74) is 1.87. The number of hydrogen-bond donors (Lipinski definition) is 2. The van der Waals surface area contributed by atoms with Crippen LogP contribution in [0.1, 0.15) is 78.5 Å². The number of hydrogen-bond acceptors (Lipinski definition) is 4. The average molecular weight is 601 g/mol. The van der Waals surface area contributed by atoms with Crippen LogP contribution in [0.25, 0.3) is 11.1 Å². The van der Waals surface area contributed by atoms with Crippen LogP contribution in [-0.2, 0) is 25.5 Å². The van der Waals surface area contributed by atoms with Gasteiger partial charge in [0, 0.05) is 17.2 Å². The maximum absolute atomic E-state index is 14.9. The molecule has 234 valence electrons. The number of benzene rings is 3. The molecule has 0 spiro atoms. The van der Waals surface area contributed by atoms with E-state index in [2.05, 4.69) is 10.6 Å². The molecule has 0 aliphatic rings. The summed E-state index contributed by atoms with van der Waals surface area (Å²) in [5, 5.41) is 5.88. The zero-order valence-electron chi connectivity index (χ0n) is 26.9. The van der Waals surface area contributed by atoms with E-state index < -0.39 is 28.9 Å². The molecule has 6 nitrogen and oxygen atoms in total. The molecule has 0 aliphatic carbocycles. The number of rotatable bonds is 11. The first kappa shape index (κ1) is 34.2. The third kappa shape index (κ3) is 10.5. The zero-order valence-corrected chi connectivity index (χ0v) is 26.9. The Labute approximate surface area is 261 Å². The van der Waals surface area contributed by atoms with Crippen LogP contribution in [-0.4, -0.2) is 29.4 Å². The molecule has 0 saturated carbocycles. The Kier molecular flexibility index (Phi) is 11.6. The Morgan fingerprint density at radius 2 is 1.48 bits per heavy atom. The van der Waals surface area contributed by atoms with Crippen LogP contribution in [0.4, 0.5) is 4.39 Å². The summed E-state index contributed by atoms with van der Waals surface area (Å²) in [6.45, 7) is 12.7. The number of aryl methyl sites for hydroxylation is 1. The highest BCUT2D eigenvalue weighted by Crippen LogP contribution is 2.25. The van der Waals surface area contributed by atoms with Crippen molar-refractivity contribution in [3.8, 4) is 11.1 Å². The van der Waals surface area contributed by atoms with Gasteiger partial charge >= 0.3 is 5.97 Å². The summed E-state index contributed by atoms with van der Waals surface area (Å²) < 4.78 is 20.4. The fourth-order valence-corrected chi connectivity index (χ4v) is 4.79. The number of amides is 2. The third-order valence-corrected chi connectivity index (χ3v) is 7.08. The van der Waals surface area contributed by atoms with E-state index in [-0.39, 0.29) is 29.8 Å². The van der Waals surface area contributed by atoms with E-state index in [0.29, 0.717) is 18.4 Å². The van der Waals surface area contributed by atoms with Crippen LogP contribution in [0.5, 0.6) is 0 Å². The van der Waals surface area contributed by atoms with E-state index in [1.165, 1.54) is 12.1 Å². The highest BCUT2D eigenvalue weighted by Gasteiger charge is 2.34. The van der Waals surface area contributed by atoms with E-state index in [9.17, 15) is 18.8 Å². The molecule has 44 heavy (non-hydrogen) atoms. The van der Waals surface area contributed by atoms with Gasteiger partial charge in [-0.05, 0) is 75.1 Å². The predicted octanol–water partition coefficient (Wildman–Crippen LogP) is 7.49. The fourth-order valence-electron chi connectivity index (χ4n) is 4.79. The second kappa shape index (κ2) is 15.0. The molecule has 2 N–H and O–H groups in total. The second-order valence-electron chi connectivity index (χ2n) is 13.2. The molecule has 0 aliphatic heterocycles. The largest absolute Gasteiger partial charge is 0.457 e. The summed E-state index contributed by atoms with van der Waals surface area (Å²) in [6, 6.07) is 22.9. The molecule has 0 unspecified atom stereocenters. The number of halogens is 1. The number of nitrogens with one attached hydrogen (secondary N) is 2. The Hall–Kier alpha value is -4.26. The smallest absolute Gasteiger partial charge is 0.331 e. The van der Waals surface area contributed by atoms with Gasteiger partial charge in [-0.15, -0.1) is 0 Å². The molecule has 0 heterocycles. The molecule has 0 saturated heterocycles. The number of carbonyl (C=O) groups excluding carboxylic acids is 3. The third-order valence-electron chi connectivity index (χ3n) is 7.08. The van der Waals surface area contributed by atoms with E-state index in [1.54, 1.807) is 26.8 Å². The monoisotopic (exact) mass is 600 g/mol. The van der Waals surface area contributed by atoms with Gasteiger partial charge in [0.1, 0.15) is 17.5 Å². The van der Waals surface area contributed by atoms with Gasteiger partial charge in [-0.1, -0.05) is 93.6 Å². The van der Waals surface area contributed by atoms with Crippen LogP contribution < -0.4 is 10.6 Å². The Morgan fingerprint density at radius 3 is 2.05 bits per heavy atom. The maximum atomic E-state index is 14.9. The van der Waals surface area contributed by atoms with Crippen molar-refractivity contribution in [1.29, 1.82) is 0 Å². The van der Waals surface area contributed by atoms with Gasteiger partial charge in [0.25, 0.3) is 0 Å². The minimum absolute atomic E-state index is 0.193. The standard InChI is InChI=1S/C37H45FN2O4/c1-25(27-16-10-8-11-17-27)39-35(43)33(36(2,3)4)40-34(42)29(24-32(41)44-37(5,6)7)20-14-15-26-21-22-30(31(38)23-26)28-18-12-9-13-19-28/h8-13,16-19,21-25,33H,14-15,20H2,1-7H3,(H,39,43)(H,40,42)/t25-,33-/m1/s1. The zero-order chi connectivity index (χ0) is 32.5. The van der Waals surface area contributed by atoms with Gasteiger partial charge in [0.2, 0.25) is 11.8 Å². The summed E-state index contributed by atoms with van der Waals surface area (Å²) in [4.78, 5) is 39.8. The Bertz CT molecular complexity index is 1450. The van der Waals surface area contributed by atoms with Gasteiger partial charge in [0.15, 0.2) is 0 Å². The van der Waals surface area contributed by atoms with E-state index >= 15 is 0 Å². The fraction of sp³-hybridized carbons (Fsp3) is 0.378. The first-order valence-corrected chi connectivity index (χ1v) is 15.1. The topological polar surface area (TPSA) is 84.5 Å². The number of ether oxygens (including phenoxy) is 1. The summed E-state index contributed by atoms with van der Waals surface area (Å²) >= 11 is 0. The summed E-state index contributed by atoms with van der Waals surface area (Å²) in [5.74, 6) is -1.81. The summed E-state index contributed by atoms with van der Waals surface area (Å²) in [7, 11) is 0. The predicted molar refractivity (Wildman–Crippen MR) is 173 cm³/mol. The number of esters is 1. The molecule has 0 fully saturated rings. The molecule has 3 aromatic carbocycles. The highest BCUT2D eigenvalue weighted by molar-refractivity contribution is 6.01. The molecule has 0 radical (unpaired) electrons. The van der Waals surface area contributed by atoms with Crippen LogP contribution in [0.15, 0.2) is 90.5 Å². The van der Waals surface area contributed by atoms with E-state index in [4.69, 9.17) is 4.74 Å². The minimum atomic E-state index is -0.872. The van der Waals surface area contributed by atoms with Crippen molar-refractivity contribution >= 4 is 17.8 Å². The molecule has 2 atom stereocenters. The van der Waals surface area contributed by atoms with Crippen molar-refractivity contribution in [2.24, 2.45) is 5.41 Å². The van der Waals surface area contributed by atoms with Crippen molar-refractivity contribution in [1.82, 2.24) is 10.6 Å². The molecule has 3 rings (SSSR count).